The van der Waals surface area contributed by atoms with Gasteiger partial charge in [-0.3, -0.25) is 4.79 Å². The first-order chi connectivity index (χ1) is 13.8. The zero-order valence-electron chi connectivity index (χ0n) is 15.3. The van der Waals surface area contributed by atoms with Crippen LogP contribution in [0.2, 0.25) is 0 Å². The van der Waals surface area contributed by atoms with Gasteiger partial charge in [0.1, 0.15) is 17.3 Å². The molecule has 0 spiro atoms. The number of aromatic nitrogens is 3. The quantitative estimate of drug-likeness (QED) is 0.642. The summed E-state index contributed by atoms with van der Waals surface area (Å²) in [7, 11) is 0. The molecule has 0 atom stereocenters. The smallest absolute Gasteiger partial charge is 0.355 e. The SMILES string of the molecule is Cc1nc(N2CCN(C(=O)c3cc(-c4cccs4)on3)CC2)cc(C(F)(F)F)n1. The maximum absolute atomic E-state index is 13.0. The lowest BCUT2D eigenvalue weighted by molar-refractivity contribution is -0.141. The highest BCUT2D eigenvalue weighted by atomic mass is 32.1. The third-order valence-electron chi connectivity index (χ3n) is 4.50. The summed E-state index contributed by atoms with van der Waals surface area (Å²) in [6.07, 6.45) is -4.53. The molecule has 0 bridgehead atoms. The molecular weight excluding hydrogens is 407 g/mol. The summed E-state index contributed by atoms with van der Waals surface area (Å²) in [5.41, 5.74) is -0.763. The number of carbonyl (C=O) groups excluding carboxylic acids is 1. The van der Waals surface area contributed by atoms with Crippen molar-refractivity contribution in [2.45, 2.75) is 13.1 Å². The number of halogens is 3. The number of carbonyl (C=O) groups is 1. The van der Waals surface area contributed by atoms with Crippen molar-refractivity contribution in [3.63, 3.8) is 0 Å². The molecule has 7 nitrogen and oxygen atoms in total. The number of amides is 1. The summed E-state index contributed by atoms with van der Waals surface area (Å²) in [4.78, 5) is 24.5. The number of nitrogens with zero attached hydrogens (tertiary/aromatic N) is 5. The largest absolute Gasteiger partial charge is 0.433 e. The number of thiophene rings is 1. The van der Waals surface area contributed by atoms with Crippen LogP contribution in [0.15, 0.2) is 34.2 Å². The van der Waals surface area contributed by atoms with Crippen LogP contribution in [0, 0.1) is 6.92 Å². The van der Waals surface area contributed by atoms with E-state index in [0.717, 1.165) is 10.9 Å². The van der Waals surface area contributed by atoms with Crippen molar-refractivity contribution in [1.29, 1.82) is 0 Å². The van der Waals surface area contributed by atoms with Gasteiger partial charge in [0, 0.05) is 38.3 Å². The van der Waals surface area contributed by atoms with Crippen molar-refractivity contribution < 1.29 is 22.5 Å². The molecule has 1 fully saturated rings. The molecule has 4 rings (SSSR count). The van der Waals surface area contributed by atoms with Gasteiger partial charge in [-0.1, -0.05) is 11.2 Å². The summed E-state index contributed by atoms with van der Waals surface area (Å²) < 4.78 is 44.2. The van der Waals surface area contributed by atoms with E-state index >= 15 is 0 Å². The molecule has 0 unspecified atom stereocenters. The number of hydrogen-bond donors (Lipinski definition) is 0. The third-order valence-corrected chi connectivity index (χ3v) is 5.38. The van der Waals surface area contributed by atoms with Gasteiger partial charge in [-0.15, -0.1) is 11.3 Å². The molecule has 1 saturated heterocycles. The van der Waals surface area contributed by atoms with E-state index in [0.29, 0.717) is 31.9 Å². The molecule has 3 aromatic heterocycles. The maximum Gasteiger partial charge on any atom is 0.433 e. The van der Waals surface area contributed by atoms with E-state index < -0.39 is 11.9 Å². The Balaban J connectivity index is 1.43. The lowest BCUT2D eigenvalue weighted by Gasteiger charge is -2.35. The molecule has 1 aliphatic rings. The molecule has 1 amide bonds. The van der Waals surface area contributed by atoms with Crippen LogP contribution in [0.5, 0.6) is 0 Å². The Morgan fingerprint density at radius 3 is 2.59 bits per heavy atom. The second-order valence-corrected chi connectivity index (χ2v) is 7.44. The Hall–Kier alpha value is -2.95. The van der Waals surface area contributed by atoms with E-state index in [2.05, 4.69) is 15.1 Å². The summed E-state index contributed by atoms with van der Waals surface area (Å²) in [6, 6.07) is 6.29. The summed E-state index contributed by atoms with van der Waals surface area (Å²) in [5.74, 6) is 0.513. The van der Waals surface area contributed by atoms with Gasteiger partial charge in [-0.2, -0.15) is 13.2 Å². The number of anilines is 1. The van der Waals surface area contributed by atoms with Crippen LogP contribution in [0.1, 0.15) is 22.0 Å². The van der Waals surface area contributed by atoms with E-state index in [9.17, 15) is 18.0 Å². The predicted octanol–water partition coefficient (Wildman–Crippen LogP) is 3.48. The van der Waals surface area contributed by atoms with Crippen molar-refractivity contribution >= 4 is 23.1 Å². The summed E-state index contributed by atoms with van der Waals surface area (Å²) in [5, 5.41) is 5.76. The van der Waals surface area contributed by atoms with E-state index in [-0.39, 0.29) is 23.2 Å². The maximum atomic E-state index is 13.0. The van der Waals surface area contributed by atoms with Gasteiger partial charge in [0.15, 0.2) is 11.5 Å². The monoisotopic (exact) mass is 423 g/mol. The Bertz CT molecular complexity index is 1010. The van der Waals surface area contributed by atoms with E-state index in [1.165, 1.54) is 18.3 Å². The van der Waals surface area contributed by atoms with E-state index in [1.54, 1.807) is 15.9 Å². The number of aryl methyl sites for hydroxylation is 1. The summed E-state index contributed by atoms with van der Waals surface area (Å²) in [6.45, 7) is 2.81. The minimum Gasteiger partial charge on any atom is -0.355 e. The first-order valence-electron chi connectivity index (χ1n) is 8.79. The van der Waals surface area contributed by atoms with Gasteiger partial charge in [0.05, 0.1) is 4.88 Å². The second kappa shape index (κ2) is 7.47. The summed E-state index contributed by atoms with van der Waals surface area (Å²) >= 11 is 1.48. The highest BCUT2D eigenvalue weighted by Gasteiger charge is 2.34. The first kappa shape index (κ1) is 19.4. The number of hydrogen-bond acceptors (Lipinski definition) is 7. The van der Waals surface area contributed by atoms with Gasteiger partial charge >= 0.3 is 6.18 Å². The molecular formula is C18H16F3N5O2S. The molecule has 3 aromatic rings. The molecule has 152 valence electrons. The number of alkyl halides is 3. The van der Waals surface area contributed by atoms with Gasteiger partial charge in [0.2, 0.25) is 0 Å². The molecule has 0 aromatic carbocycles. The minimum atomic E-state index is -4.53. The Morgan fingerprint density at radius 1 is 1.17 bits per heavy atom. The van der Waals surface area contributed by atoms with Crippen LogP contribution in [0.3, 0.4) is 0 Å². The van der Waals surface area contributed by atoms with Crippen LogP contribution < -0.4 is 4.90 Å². The average molecular weight is 423 g/mol. The lowest BCUT2D eigenvalue weighted by Crippen LogP contribution is -2.49. The van der Waals surface area contributed by atoms with Crippen molar-refractivity contribution in [1.82, 2.24) is 20.0 Å². The molecule has 1 aliphatic heterocycles. The van der Waals surface area contributed by atoms with Gasteiger partial charge < -0.3 is 14.3 Å². The van der Waals surface area contributed by atoms with Gasteiger partial charge in [-0.05, 0) is 18.4 Å². The highest BCUT2D eigenvalue weighted by Crippen LogP contribution is 2.30. The van der Waals surface area contributed by atoms with Gasteiger partial charge in [0.25, 0.3) is 5.91 Å². The predicted molar refractivity (Wildman–Crippen MR) is 99.7 cm³/mol. The fourth-order valence-electron chi connectivity index (χ4n) is 3.07. The van der Waals surface area contributed by atoms with Crippen LogP contribution in [-0.4, -0.2) is 52.1 Å². The van der Waals surface area contributed by atoms with Crippen molar-refractivity contribution in [3.8, 4) is 10.6 Å². The molecule has 0 saturated carbocycles. The average Bonchev–Trinajstić information content (AvgIpc) is 3.38. The number of piperazine rings is 1. The first-order valence-corrected chi connectivity index (χ1v) is 9.67. The van der Waals surface area contributed by atoms with Gasteiger partial charge in [-0.25, -0.2) is 9.97 Å². The Morgan fingerprint density at radius 2 is 1.93 bits per heavy atom. The third kappa shape index (κ3) is 4.09. The Labute approximate surface area is 167 Å². The van der Waals surface area contributed by atoms with Crippen LogP contribution in [-0.2, 0) is 6.18 Å². The minimum absolute atomic E-state index is 0.0528. The highest BCUT2D eigenvalue weighted by molar-refractivity contribution is 7.13. The standard InChI is InChI=1S/C18H16F3N5O2S/c1-11-22-15(18(19,20)21)10-16(23-11)25-4-6-26(7-5-25)17(27)12-9-13(28-24-12)14-3-2-8-29-14/h2-3,8-10H,4-7H2,1H3. The normalized spacial score (nSPS) is 15.0. The zero-order chi connectivity index (χ0) is 20.6. The second-order valence-electron chi connectivity index (χ2n) is 6.49. The van der Waals surface area contributed by atoms with Crippen LogP contribution >= 0.6 is 11.3 Å². The fraction of sp³-hybridized carbons (Fsp3) is 0.333. The van der Waals surface area contributed by atoms with Crippen molar-refractivity contribution in [2.24, 2.45) is 0 Å². The van der Waals surface area contributed by atoms with Crippen LogP contribution in [0.25, 0.3) is 10.6 Å². The molecule has 29 heavy (non-hydrogen) atoms. The van der Waals surface area contributed by atoms with Crippen LogP contribution in [0.4, 0.5) is 19.0 Å². The molecule has 0 radical (unpaired) electrons. The van der Waals surface area contributed by atoms with E-state index in [4.69, 9.17) is 4.52 Å². The molecule has 0 aliphatic carbocycles. The van der Waals surface area contributed by atoms with Crippen molar-refractivity contribution in [3.05, 3.63) is 46.9 Å². The lowest BCUT2D eigenvalue weighted by atomic mass is 10.2. The zero-order valence-corrected chi connectivity index (χ0v) is 16.1. The molecule has 0 N–H and O–H groups in total. The van der Waals surface area contributed by atoms with E-state index in [1.807, 2.05) is 17.5 Å². The number of rotatable bonds is 3. The Kier molecular flexibility index (Phi) is 4.99. The fourth-order valence-corrected chi connectivity index (χ4v) is 3.74. The topological polar surface area (TPSA) is 75.4 Å². The van der Waals surface area contributed by atoms with Crippen molar-refractivity contribution in [2.75, 3.05) is 31.1 Å². The molecule has 11 heteroatoms. The molecule has 4 heterocycles.